The van der Waals surface area contributed by atoms with Gasteiger partial charge in [-0.2, -0.15) is 0 Å². The van der Waals surface area contributed by atoms with Gasteiger partial charge in [0.05, 0.1) is 5.69 Å². The number of amides is 1. The van der Waals surface area contributed by atoms with Gasteiger partial charge in [0.2, 0.25) is 0 Å². The van der Waals surface area contributed by atoms with Crippen LogP contribution in [0.15, 0.2) is 18.5 Å². The third kappa shape index (κ3) is 3.56. The summed E-state index contributed by atoms with van der Waals surface area (Å²) in [5.41, 5.74) is 0.764. The lowest BCUT2D eigenvalue weighted by Gasteiger charge is -2.31. The number of hydrogen-bond acceptors (Lipinski definition) is 6. The molecule has 1 aliphatic heterocycles. The average molecular weight is 331 g/mol. The first kappa shape index (κ1) is 16.0. The van der Waals surface area contributed by atoms with Crippen LogP contribution in [-0.4, -0.2) is 52.4 Å². The molecule has 0 saturated carbocycles. The van der Waals surface area contributed by atoms with E-state index >= 15 is 0 Å². The summed E-state index contributed by atoms with van der Waals surface area (Å²) < 4.78 is 0. The number of carbonyl (C=O) groups excluding carboxylic acids is 1. The minimum atomic E-state index is 0.0880. The van der Waals surface area contributed by atoms with Gasteiger partial charge in [-0.25, -0.2) is 15.0 Å². The van der Waals surface area contributed by atoms with E-state index in [9.17, 15) is 4.79 Å². The van der Waals surface area contributed by atoms with Crippen molar-refractivity contribution in [2.75, 3.05) is 26.7 Å². The quantitative estimate of drug-likeness (QED) is 0.927. The number of likely N-dealkylation sites (tertiary alicyclic amines) is 1. The summed E-state index contributed by atoms with van der Waals surface area (Å²) >= 11 is 1.39. The van der Waals surface area contributed by atoms with E-state index in [0.29, 0.717) is 21.6 Å². The Morgan fingerprint density at radius 2 is 2.04 bits per heavy atom. The highest BCUT2D eigenvalue weighted by atomic mass is 32.1. The largest absolute Gasteiger partial charge is 0.338 e. The molecular weight excluding hydrogens is 310 g/mol. The van der Waals surface area contributed by atoms with Crippen molar-refractivity contribution >= 4 is 17.2 Å². The molecule has 0 unspecified atom stereocenters. The highest BCUT2D eigenvalue weighted by molar-refractivity contribution is 7.17. The van der Waals surface area contributed by atoms with Crippen LogP contribution >= 0.6 is 11.3 Å². The van der Waals surface area contributed by atoms with Crippen LogP contribution in [0.25, 0.3) is 10.8 Å². The standard InChI is InChI=1S/C16H21N5OS/c1-11-13(23-15(20-11)14-18-6-3-7-19-14)16(22)21-8-4-12(5-9-21)10-17-2/h3,6-7,12,17H,4-5,8-10H2,1-2H3. The van der Waals surface area contributed by atoms with Crippen LogP contribution in [0, 0.1) is 12.8 Å². The topological polar surface area (TPSA) is 71.0 Å². The van der Waals surface area contributed by atoms with Gasteiger partial charge in [0.15, 0.2) is 10.8 Å². The molecule has 6 nitrogen and oxygen atoms in total. The summed E-state index contributed by atoms with van der Waals surface area (Å²) in [6, 6.07) is 1.77. The van der Waals surface area contributed by atoms with Gasteiger partial charge in [-0.3, -0.25) is 4.79 Å². The fraction of sp³-hybridized carbons (Fsp3) is 0.500. The van der Waals surface area contributed by atoms with Gasteiger partial charge < -0.3 is 10.2 Å². The summed E-state index contributed by atoms with van der Waals surface area (Å²) in [6.07, 6.45) is 5.48. The zero-order chi connectivity index (χ0) is 16.2. The van der Waals surface area contributed by atoms with Crippen LogP contribution in [0.1, 0.15) is 28.2 Å². The van der Waals surface area contributed by atoms with Crippen molar-refractivity contribution in [3.05, 3.63) is 29.0 Å². The summed E-state index contributed by atoms with van der Waals surface area (Å²) in [7, 11) is 1.98. The minimum Gasteiger partial charge on any atom is -0.338 e. The Hall–Kier alpha value is -1.86. The van der Waals surface area contributed by atoms with Crippen molar-refractivity contribution in [3.8, 4) is 10.8 Å². The third-order valence-corrected chi connectivity index (χ3v) is 5.28. The molecule has 3 rings (SSSR count). The van der Waals surface area contributed by atoms with Crippen LogP contribution in [0.4, 0.5) is 0 Å². The molecule has 1 fully saturated rings. The number of thiazole rings is 1. The van der Waals surface area contributed by atoms with E-state index in [1.54, 1.807) is 18.5 Å². The second-order valence-corrected chi connectivity index (χ2v) is 6.80. The number of aryl methyl sites for hydroxylation is 1. The van der Waals surface area contributed by atoms with Crippen LogP contribution in [0.2, 0.25) is 0 Å². The van der Waals surface area contributed by atoms with Crippen molar-refractivity contribution in [1.29, 1.82) is 0 Å². The Bertz CT molecular complexity index is 664. The number of hydrogen-bond donors (Lipinski definition) is 1. The van der Waals surface area contributed by atoms with E-state index in [0.717, 1.165) is 38.2 Å². The number of piperidine rings is 1. The average Bonchev–Trinajstić information content (AvgIpc) is 2.98. The van der Waals surface area contributed by atoms with Gasteiger partial charge in [0, 0.05) is 25.5 Å². The summed E-state index contributed by atoms with van der Waals surface area (Å²) in [4.78, 5) is 28.3. The molecule has 122 valence electrons. The maximum atomic E-state index is 12.8. The molecule has 1 saturated heterocycles. The molecule has 0 aromatic carbocycles. The zero-order valence-corrected chi connectivity index (χ0v) is 14.3. The van der Waals surface area contributed by atoms with E-state index in [1.165, 1.54) is 11.3 Å². The van der Waals surface area contributed by atoms with E-state index in [4.69, 9.17) is 0 Å². The SMILES string of the molecule is CNCC1CCN(C(=O)c2sc(-c3ncccn3)nc2C)CC1. The highest BCUT2D eigenvalue weighted by Gasteiger charge is 2.26. The molecule has 7 heteroatoms. The molecule has 23 heavy (non-hydrogen) atoms. The fourth-order valence-corrected chi connectivity index (χ4v) is 3.85. The highest BCUT2D eigenvalue weighted by Crippen LogP contribution is 2.27. The first-order valence-electron chi connectivity index (χ1n) is 7.87. The van der Waals surface area contributed by atoms with Crippen molar-refractivity contribution in [1.82, 2.24) is 25.2 Å². The van der Waals surface area contributed by atoms with Gasteiger partial charge in [0.25, 0.3) is 5.91 Å². The number of aromatic nitrogens is 3. The maximum absolute atomic E-state index is 12.8. The molecule has 2 aromatic rings. The Kier molecular flexibility index (Phi) is 4.97. The first-order valence-corrected chi connectivity index (χ1v) is 8.69. The van der Waals surface area contributed by atoms with Crippen LogP contribution in [0.3, 0.4) is 0 Å². The molecule has 3 heterocycles. The number of nitrogens with one attached hydrogen (secondary N) is 1. The fourth-order valence-electron chi connectivity index (χ4n) is 2.87. The molecule has 1 amide bonds. The first-order chi connectivity index (χ1) is 11.2. The van der Waals surface area contributed by atoms with Gasteiger partial charge in [-0.15, -0.1) is 11.3 Å². The predicted molar refractivity (Wildman–Crippen MR) is 90.4 cm³/mol. The monoisotopic (exact) mass is 331 g/mol. The van der Waals surface area contributed by atoms with Gasteiger partial charge in [-0.1, -0.05) is 0 Å². The maximum Gasteiger partial charge on any atom is 0.265 e. The Morgan fingerprint density at radius 1 is 1.35 bits per heavy atom. The molecule has 0 bridgehead atoms. The number of rotatable bonds is 4. The van der Waals surface area contributed by atoms with Crippen molar-refractivity contribution in [2.45, 2.75) is 19.8 Å². The van der Waals surface area contributed by atoms with E-state index in [-0.39, 0.29) is 5.91 Å². The Morgan fingerprint density at radius 3 is 2.70 bits per heavy atom. The molecule has 0 spiro atoms. The molecule has 1 N–H and O–H groups in total. The van der Waals surface area contributed by atoms with Crippen LogP contribution in [0.5, 0.6) is 0 Å². The molecule has 0 atom stereocenters. The van der Waals surface area contributed by atoms with Crippen molar-refractivity contribution in [3.63, 3.8) is 0 Å². The van der Waals surface area contributed by atoms with Gasteiger partial charge in [0.1, 0.15) is 4.88 Å². The second-order valence-electron chi connectivity index (χ2n) is 5.80. The molecule has 0 radical (unpaired) electrons. The lowest BCUT2D eigenvalue weighted by Crippen LogP contribution is -2.40. The summed E-state index contributed by atoms with van der Waals surface area (Å²) in [6.45, 7) is 4.54. The van der Waals surface area contributed by atoms with Crippen LogP contribution in [-0.2, 0) is 0 Å². The normalized spacial score (nSPS) is 15.8. The van der Waals surface area contributed by atoms with Gasteiger partial charge >= 0.3 is 0 Å². The van der Waals surface area contributed by atoms with E-state index in [1.807, 2.05) is 18.9 Å². The molecule has 0 aliphatic carbocycles. The smallest absolute Gasteiger partial charge is 0.265 e. The van der Waals surface area contributed by atoms with Crippen LogP contribution < -0.4 is 5.32 Å². The molecular formula is C16H21N5OS. The lowest BCUT2D eigenvalue weighted by atomic mass is 9.97. The zero-order valence-electron chi connectivity index (χ0n) is 13.5. The number of nitrogens with zero attached hydrogens (tertiary/aromatic N) is 4. The van der Waals surface area contributed by atoms with Crippen molar-refractivity contribution < 1.29 is 4.79 Å². The van der Waals surface area contributed by atoms with Gasteiger partial charge in [-0.05, 0) is 45.3 Å². The predicted octanol–water partition coefficient (Wildman–Crippen LogP) is 1.98. The third-order valence-electron chi connectivity index (χ3n) is 4.14. The van der Waals surface area contributed by atoms with Crippen molar-refractivity contribution in [2.24, 2.45) is 5.92 Å². The summed E-state index contributed by atoms with van der Waals surface area (Å²) in [5, 5.41) is 3.92. The lowest BCUT2D eigenvalue weighted by molar-refractivity contribution is 0.0695. The Balaban J connectivity index is 1.72. The second kappa shape index (κ2) is 7.14. The summed E-state index contributed by atoms with van der Waals surface area (Å²) in [5.74, 6) is 1.33. The molecule has 2 aromatic heterocycles. The van der Waals surface area contributed by atoms with E-state index < -0.39 is 0 Å². The van der Waals surface area contributed by atoms with E-state index in [2.05, 4.69) is 20.3 Å². The Labute approximate surface area is 140 Å². The minimum absolute atomic E-state index is 0.0880. The molecule has 1 aliphatic rings. The number of carbonyl (C=O) groups is 1.